The second-order valence-electron chi connectivity index (χ2n) is 12.9. The minimum absolute atomic E-state index is 0.0140. The Labute approximate surface area is 303 Å². The van der Waals surface area contributed by atoms with Gasteiger partial charge in [-0.3, -0.25) is 24.0 Å². The van der Waals surface area contributed by atoms with E-state index in [0.29, 0.717) is 43.5 Å². The minimum Gasteiger partial charge on any atom is -0.383 e. The third-order valence-electron chi connectivity index (χ3n) is 8.91. The Bertz CT molecular complexity index is 1670. The molecule has 1 aromatic heterocycles. The lowest BCUT2D eigenvalue weighted by Crippen LogP contribution is -2.43. The highest BCUT2D eigenvalue weighted by Crippen LogP contribution is 2.40. The summed E-state index contributed by atoms with van der Waals surface area (Å²) >= 11 is 2.77. The number of Topliss-reactive ketones (excluding diaryl/α,β-unsaturated/α-hetero) is 1. The van der Waals surface area contributed by atoms with E-state index in [4.69, 9.17) is 4.74 Å². The average Bonchev–Trinajstić information content (AvgIpc) is 3.86. The van der Waals surface area contributed by atoms with Crippen molar-refractivity contribution in [3.8, 4) is 0 Å². The molecule has 3 atom stereocenters. The van der Waals surface area contributed by atoms with Crippen molar-refractivity contribution in [2.24, 2.45) is 5.92 Å². The lowest BCUT2D eigenvalue weighted by atomic mass is 9.93. The molecular formula is C39H47FN4O4S2. The van der Waals surface area contributed by atoms with Gasteiger partial charge in [0.1, 0.15) is 5.82 Å². The molecule has 8 nitrogen and oxygen atoms in total. The van der Waals surface area contributed by atoms with Gasteiger partial charge in [0, 0.05) is 68.8 Å². The lowest BCUT2D eigenvalue weighted by Gasteiger charge is -2.38. The molecule has 3 unspecified atom stereocenters. The van der Waals surface area contributed by atoms with E-state index in [0.717, 1.165) is 43.6 Å². The van der Waals surface area contributed by atoms with Crippen LogP contribution in [0.1, 0.15) is 62.4 Å². The van der Waals surface area contributed by atoms with Crippen LogP contribution < -0.4 is 5.32 Å². The molecule has 0 spiro atoms. The number of hydrogen-bond donors (Lipinski definition) is 1. The summed E-state index contributed by atoms with van der Waals surface area (Å²) in [6.45, 7) is 7.45. The molecule has 3 aromatic rings. The van der Waals surface area contributed by atoms with Crippen molar-refractivity contribution < 1.29 is 23.5 Å². The number of thioether (sulfide) groups is 2. The van der Waals surface area contributed by atoms with Crippen molar-refractivity contribution in [2.45, 2.75) is 62.6 Å². The Balaban J connectivity index is 0.000000240. The average molecular weight is 719 g/mol. The molecule has 266 valence electrons. The first-order chi connectivity index (χ1) is 24.2. The van der Waals surface area contributed by atoms with Crippen molar-refractivity contribution in [2.75, 3.05) is 39.9 Å². The van der Waals surface area contributed by atoms with Gasteiger partial charge in [-0.05, 0) is 67.1 Å². The van der Waals surface area contributed by atoms with Gasteiger partial charge in [-0.2, -0.15) is 5.10 Å². The number of ether oxygens (including phenoxy) is 1. The van der Waals surface area contributed by atoms with Gasteiger partial charge < -0.3 is 10.1 Å². The summed E-state index contributed by atoms with van der Waals surface area (Å²) in [5.41, 5.74) is 4.80. The molecule has 0 amide bonds. The smallest absolute Gasteiger partial charge is 0.186 e. The predicted octanol–water partition coefficient (Wildman–Crippen LogP) is 6.84. The van der Waals surface area contributed by atoms with Crippen LogP contribution in [0.4, 0.5) is 4.39 Å². The molecule has 2 aliphatic heterocycles. The molecule has 11 heteroatoms. The number of benzene rings is 2. The van der Waals surface area contributed by atoms with E-state index < -0.39 is 6.04 Å². The van der Waals surface area contributed by atoms with E-state index in [2.05, 4.69) is 33.5 Å². The summed E-state index contributed by atoms with van der Waals surface area (Å²) in [6, 6.07) is 18.2. The number of rotatable bonds is 11. The van der Waals surface area contributed by atoms with Crippen LogP contribution in [0, 0.1) is 11.7 Å². The van der Waals surface area contributed by atoms with E-state index in [-0.39, 0.29) is 33.0 Å². The largest absolute Gasteiger partial charge is 0.383 e. The fraction of sp³-hybridized carbons (Fsp3) is 0.436. The molecule has 2 aromatic carbocycles. The molecular weight excluding hydrogens is 672 g/mol. The van der Waals surface area contributed by atoms with E-state index >= 15 is 0 Å². The monoisotopic (exact) mass is 718 g/mol. The van der Waals surface area contributed by atoms with Crippen LogP contribution in [-0.2, 0) is 25.7 Å². The second kappa shape index (κ2) is 18.8. The van der Waals surface area contributed by atoms with Crippen LogP contribution in [0.15, 0.2) is 78.0 Å². The van der Waals surface area contributed by atoms with Crippen LogP contribution in [0.3, 0.4) is 0 Å². The number of hydrogen-bond acceptors (Lipinski definition) is 9. The Hall–Kier alpha value is -3.35. The fourth-order valence-electron chi connectivity index (χ4n) is 6.36. The van der Waals surface area contributed by atoms with Gasteiger partial charge in [0.2, 0.25) is 0 Å². The molecule has 3 heterocycles. The maximum atomic E-state index is 14.8. The van der Waals surface area contributed by atoms with Crippen LogP contribution >= 0.6 is 23.5 Å². The Morgan fingerprint density at radius 3 is 2.32 bits per heavy atom. The van der Waals surface area contributed by atoms with Crippen LogP contribution in [-0.4, -0.2) is 81.1 Å². The van der Waals surface area contributed by atoms with Crippen molar-refractivity contribution >= 4 is 51.7 Å². The van der Waals surface area contributed by atoms with E-state index in [9.17, 15) is 18.8 Å². The topological polar surface area (TPSA) is 93.5 Å². The highest BCUT2D eigenvalue weighted by atomic mass is 32.2. The zero-order chi connectivity index (χ0) is 35.5. The maximum Gasteiger partial charge on any atom is 0.186 e. The molecule has 0 radical (unpaired) electrons. The zero-order valence-electron chi connectivity index (χ0n) is 29.1. The lowest BCUT2D eigenvalue weighted by molar-refractivity contribution is -0.126. The molecule has 1 saturated carbocycles. The predicted molar refractivity (Wildman–Crippen MR) is 201 cm³/mol. The molecule has 1 aliphatic carbocycles. The Kier molecular flexibility index (Phi) is 14.2. The molecule has 6 rings (SSSR count). The summed E-state index contributed by atoms with van der Waals surface area (Å²) < 4.78 is 21.7. The summed E-state index contributed by atoms with van der Waals surface area (Å²) in [7, 11) is 1.65. The van der Waals surface area contributed by atoms with E-state index in [1.807, 2.05) is 41.2 Å². The van der Waals surface area contributed by atoms with Crippen molar-refractivity contribution in [1.82, 2.24) is 20.0 Å². The normalized spacial score (nSPS) is 21.8. The number of ketones is 1. The summed E-state index contributed by atoms with van der Waals surface area (Å²) in [5.74, 6) is -0.233. The standard InChI is InChI=1S/C25H30FN3O3S.C14H17NOS/c1-17(30)33-23-10-11-28(16-19(23)15-20-9-12-29(27-20)13-14-32-2)24(25(31)18-7-8-18)21-5-3-4-6-22(21)26;1-11(16)17-14-7-8-15-10-13(14)9-12-5-3-2-4-6-12/h3-6,9,12,15,18,23-24H,7-8,10-11,13-14,16H2,1-2H3;2-6,9,14-15H,7-8,10H2,1H3/b19-15+;13-9+. The minimum atomic E-state index is -0.607. The Morgan fingerprint density at radius 1 is 0.940 bits per heavy atom. The van der Waals surface area contributed by atoms with Gasteiger partial charge in [-0.25, -0.2) is 4.39 Å². The molecule has 2 saturated heterocycles. The van der Waals surface area contributed by atoms with E-state index in [1.54, 1.807) is 39.2 Å². The number of piperidine rings is 2. The van der Waals surface area contributed by atoms with Gasteiger partial charge in [0.25, 0.3) is 0 Å². The van der Waals surface area contributed by atoms with Gasteiger partial charge in [0.15, 0.2) is 16.0 Å². The first kappa shape index (κ1) is 37.9. The van der Waals surface area contributed by atoms with Crippen LogP contribution in [0.5, 0.6) is 0 Å². The summed E-state index contributed by atoms with van der Waals surface area (Å²) in [4.78, 5) is 38.5. The second-order valence-corrected chi connectivity index (χ2v) is 15.6. The molecule has 3 aliphatic rings. The fourth-order valence-corrected chi connectivity index (χ4v) is 8.21. The number of methoxy groups -OCH3 is 1. The number of likely N-dealkylation sites (tertiary alicyclic amines) is 1. The van der Waals surface area contributed by atoms with Crippen molar-refractivity contribution in [3.63, 3.8) is 0 Å². The van der Waals surface area contributed by atoms with Gasteiger partial charge in [-0.1, -0.05) is 78.1 Å². The highest BCUT2D eigenvalue weighted by Gasteiger charge is 2.41. The third kappa shape index (κ3) is 11.1. The van der Waals surface area contributed by atoms with Crippen molar-refractivity contribution in [3.05, 3.63) is 101 Å². The molecule has 1 N–H and O–H groups in total. The summed E-state index contributed by atoms with van der Waals surface area (Å²) in [6.07, 6.45) is 9.61. The van der Waals surface area contributed by atoms with Crippen LogP contribution in [0.25, 0.3) is 12.2 Å². The molecule has 0 bridgehead atoms. The maximum absolute atomic E-state index is 14.8. The third-order valence-corrected chi connectivity index (χ3v) is 11.2. The SMILES string of the molecule is CC(=O)SC1CCNC/C1=C\c1ccccc1.COCCn1ccc(/C=C2\CN(C(C(=O)C3CC3)c3ccccc3F)CCC2SC(C)=O)n1. The number of carbonyl (C=O) groups is 3. The number of halogens is 1. The number of nitrogens with zero attached hydrogens (tertiary/aromatic N) is 3. The Morgan fingerprint density at radius 2 is 1.64 bits per heavy atom. The number of aromatic nitrogens is 2. The summed E-state index contributed by atoms with van der Waals surface area (Å²) in [5, 5.41) is 8.58. The molecule has 3 fully saturated rings. The molecule has 50 heavy (non-hydrogen) atoms. The first-order valence-electron chi connectivity index (χ1n) is 17.3. The van der Waals surface area contributed by atoms with Gasteiger partial charge in [0.05, 0.1) is 24.9 Å². The first-order valence-corrected chi connectivity index (χ1v) is 19.0. The van der Waals surface area contributed by atoms with Gasteiger partial charge >= 0.3 is 0 Å². The van der Waals surface area contributed by atoms with Crippen LogP contribution in [0.2, 0.25) is 0 Å². The van der Waals surface area contributed by atoms with Gasteiger partial charge in [-0.15, -0.1) is 0 Å². The quantitative estimate of drug-likeness (QED) is 0.229. The van der Waals surface area contributed by atoms with Crippen molar-refractivity contribution in [1.29, 1.82) is 0 Å². The highest BCUT2D eigenvalue weighted by molar-refractivity contribution is 8.14. The number of nitrogens with one attached hydrogen (secondary N) is 1. The van der Waals surface area contributed by atoms with E-state index in [1.165, 1.54) is 40.7 Å². The number of carbonyl (C=O) groups excluding carboxylic acids is 3. The zero-order valence-corrected chi connectivity index (χ0v) is 30.7.